The first-order valence-electron chi connectivity index (χ1n) is 8.07. The Labute approximate surface area is 145 Å². The summed E-state index contributed by atoms with van der Waals surface area (Å²) in [6.07, 6.45) is -0.982. The lowest BCUT2D eigenvalue weighted by molar-refractivity contribution is -0.128. The first-order valence-corrected chi connectivity index (χ1v) is 8.07. The first-order chi connectivity index (χ1) is 12.0. The van der Waals surface area contributed by atoms with Gasteiger partial charge in [0.1, 0.15) is 11.2 Å². The number of hydrogen-bond acceptors (Lipinski definition) is 3. The van der Waals surface area contributed by atoms with Gasteiger partial charge in [0.25, 0.3) is 0 Å². The number of fused-ring (bicyclic) bond motifs is 2. The van der Waals surface area contributed by atoms with E-state index in [1.807, 2.05) is 48.5 Å². The molecular formula is C19H18N2O4. The molecule has 0 atom stereocenters. The smallest absolute Gasteiger partial charge is 0.407 e. The minimum absolute atomic E-state index is 0.0259. The quantitative estimate of drug-likeness (QED) is 0.933. The van der Waals surface area contributed by atoms with Crippen molar-refractivity contribution in [3.63, 3.8) is 0 Å². The van der Waals surface area contributed by atoms with Gasteiger partial charge in [0.2, 0.25) is 5.91 Å². The van der Waals surface area contributed by atoms with Crippen molar-refractivity contribution in [1.82, 2.24) is 4.90 Å². The molecule has 25 heavy (non-hydrogen) atoms. The predicted octanol–water partition coefficient (Wildman–Crippen LogP) is 2.47. The van der Waals surface area contributed by atoms with Crippen LogP contribution in [0.5, 0.6) is 5.75 Å². The molecule has 0 saturated carbocycles. The zero-order valence-corrected chi connectivity index (χ0v) is 13.8. The van der Waals surface area contributed by atoms with Crippen LogP contribution in [0.1, 0.15) is 11.1 Å². The van der Waals surface area contributed by atoms with Crippen molar-refractivity contribution in [1.29, 1.82) is 0 Å². The zero-order valence-electron chi connectivity index (χ0n) is 13.8. The number of methoxy groups -OCH3 is 1. The summed E-state index contributed by atoms with van der Waals surface area (Å²) in [6, 6.07) is 15.3. The number of amides is 2. The normalized spacial score (nSPS) is 17.4. The number of likely N-dealkylation sites (tertiary alicyclic amines) is 1. The maximum atomic E-state index is 13.1. The Kier molecular flexibility index (Phi) is 3.42. The summed E-state index contributed by atoms with van der Waals surface area (Å²) in [5.74, 6) is 0.742. The average molecular weight is 338 g/mol. The van der Waals surface area contributed by atoms with Gasteiger partial charge in [-0.2, -0.15) is 0 Å². The van der Waals surface area contributed by atoms with E-state index in [-0.39, 0.29) is 19.0 Å². The predicted molar refractivity (Wildman–Crippen MR) is 91.9 cm³/mol. The van der Waals surface area contributed by atoms with Crippen molar-refractivity contribution in [3.05, 3.63) is 59.7 Å². The molecule has 1 N–H and O–H groups in total. The van der Waals surface area contributed by atoms with E-state index in [1.54, 1.807) is 12.0 Å². The summed E-state index contributed by atoms with van der Waals surface area (Å²) >= 11 is 0. The zero-order chi connectivity index (χ0) is 17.6. The Morgan fingerprint density at radius 1 is 1.16 bits per heavy atom. The second kappa shape index (κ2) is 5.51. The third kappa shape index (κ3) is 2.25. The van der Waals surface area contributed by atoms with E-state index >= 15 is 0 Å². The highest BCUT2D eigenvalue weighted by Gasteiger charge is 2.59. The molecule has 1 fully saturated rings. The van der Waals surface area contributed by atoms with Gasteiger partial charge >= 0.3 is 6.09 Å². The number of ether oxygens (including phenoxy) is 1. The summed E-state index contributed by atoms with van der Waals surface area (Å²) in [4.78, 5) is 27.3. The molecule has 1 saturated heterocycles. The molecule has 6 nitrogen and oxygen atoms in total. The van der Waals surface area contributed by atoms with E-state index in [9.17, 15) is 9.59 Å². The summed E-state index contributed by atoms with van der Waals surface area (Å²) in [6.45, 7) is 0.892. The number of rotatable bonds is 3. The molecule has 0 bridgehead atoms. The summed E-state index contributed by atoms with van der Waals surface area (Å²) in [7, 11) is 1.61. The number of hydrogen-bond donors (Lipinski definition) is 1. The van der Waals surface area contributed by atoms with E-state index in [0.717, 1.165) is 22.6 Å². The number of carboxylic acid groups (broad SMARTS) is 1. The molecule has 6 heteroatoms. The number of carbonyl (C=O) groups excluding carboxylic acids is 1. The minimum Gasteiger partial charge on any atom is -0.497 e. The fourth-order valence-corrected chi connectivity index (χ4v) is 3.71. The summed E-state index contributed by atoms with van der Waals surface area (Å²) in [5.41, 5.74) is 2.05. The lowest BCUT2D eigenvalue weighted by atomic mass is 9.75. The van der Waals surface area contributed by atoms with Crippen molar-refractivity contribution in [3.8, 4) is 5.75 Å². The van der Waals surface area contributed by atoms with Gasteiger partial charge in [0.15, 0.2) is 0 Å². The molecule has 2 aromatic rings. The Balaban J connectivity index is 1.65. The highest BCUT2D eigenvalue weighted by Crippen LogP contribution is 2.47. The van der Waals surface area contributed by atoms with Gasteiger partial charge < -0.3 is 19.6 Å². The number of benzene rings is 2. The van der Waals surface area contributed by atoms with Gasteiger partial charge in [-0.1, -0.05) is 30.3 Å². The number of nitrogens with zero attached hydrogens (tertiary/aromatic N) is 2. The number of carbonyl (C=O) groups is 2. The van der Waals surface area contributed by atoms with E-state index in [4.69, 9.17) is 9.84 Å². The minimum atomic E-state index is -0.982. The molecule has 1 spiro atoms. The van der Waals surface area contributed by atoms with Gasteiger partial charge in [-0.05, 0) is 29.3 Å². The topological polar surface area (TPSA) is 70.1 Å². The van der Waals surface area contributed by atoms with E-state index < -0.39 is 11.5 Å². The van der Waals surface area contributed by atoms with Crippen LogP contribution in [0.3, 0.4) is 0 Å². The van der Waals surface area contributed by atoms with Crippen LogP contribution < -0.4 is 9.64 Å². The van der Waals surface area contributed by atoms with Crippen LogP contribution in [0.25, 0.3) is 0 Å². The molecule has 128 valence electrons. The molecule has 4 rings (SSSR count). The molecule has 2 aliphatic heterocycles. The molecule has 0 unspecified atom stereocenters. The standard InChI is InChI=1S/C19H18N2O4/c1-25-14-8-6-13(7-9-14)10-21-16-5-3-2-4-15(16)19(17(21)22)11-20(12-19)18(23)24/h2-9H,10-12H2,1H3,(H,23,24). The molecule has 2 aliphatic rings. The lowest BCUT2D eigenvalue weighted by Gasteiger charge is -2.45. The van der Waals surface area contributed by atoms with Crippen molar-refractivity contribution in [2.45, 2.75) is 12.0 Å². The van der Waals surface area contributed by atoms with Gasteiger partial charge in [0.05, 0.1) is 13.7 Å². The van der Waals surface area contributed by atoms with Gasteiger partial charge in [-0.15, -0.1) is 0 Å². The second-order valence-electron chi connectivity index (χ2n) is 6.48. The van der Waals surface area contributed by atoms with Crippen LogP contribution in [0.2, 0.25) is 0 Å². The van der Waals surface area contributed by atoms with E-state index in [1.165, 1.54) is 4.90 Å². The van der Waals surface area contributed by atoms with E-state index in [2.05, 4.69) is 0 Å². The Morgan fingerprint density at radius 3 is 2.48 bits per heavy atom. The maximum absolute atomic E-state index is 13.1. The largest absolute Gasteiger partial charge is 0.497 e. The Hall–Kier alpha value is -3.02. The fraction of sp³-hybridized carbons (Fsp3) is 0.263. The van der Waals surface area contributed by atoms with Gasteiger partial charge in [-0.25, -0.2) is 4.79 Å². The summed E-state index contributed by atoms with van der Waals surface area (Å²) in [5, 5.41) is 9.15. The molecule has 0 radical (unpaired) electrons. The first kappa shape index (κ1) is 15.5. The molecule has 2 amide bonds. The van der Waals surface area contributed by atoms with Gasteiger partial charge in [-0.3, -0.25) is 4.79 Å². The highest BCUT2D eigenvalue weighted by molar-refractivity contribution is 6.09. The fourth-order valence-electron chi connectivity index (χ4n) is 3.71. The van der Waals surface area contributed by atoms with Crippen LogP contribution in [0, 0.1) is 0 Å². The van der Waals surface area contributed by atoms with Crippen LogP contribution in [0.4, 0.5) is 10.5 Å². The maximum Gasteiger partial charge on any atom is 0.407 e. The van der Waals surface area contributed by atoms with Crippen LogP contribution >= 0.6 is 0 Å². The average Bonchev–Trinajstić information content (AvgIpc) is 2.83. The molecule has 2 aromatic carbocycles. The Bertz CT molecular complexity index is 841. The lowest BCUT2D eigenvalue weighted by Crippen LogP contribution is -2.65. The van der Waals surface area contributed by atoms with Crippen molar-refractivity contribution >= 4 is 17.7 Å². The molecule has 0 aliphatic carbocycles. The monoisotopic (exact) mass is 338 g/mol. The van der Waals surface area contributed by atoms with Gasteiger partial charge in [0, 0.05) is 18.8 Å². The van der Waals surface area contributed by atoms with Crippen LogP contribution in [0.15, 0.2) is 48.5 Å². The van der Waals surface area contributed by atoms with Crippen LogP contribution in [-0.2, 0) is 16.8 Å². The number of para-hydroxylation sites is 1. The van der Waals surface area contributed by atoms with Crippen molar-refractivity contribution in [2.75, 3.05) is 25.1 Å². The highest BCUT2D eigenvalue weighted by atomic mass is 16.5. The van der Waals surface area contributed by atoms with Crippen molar-refractivity contribution in [2.24, 2.45) is 0 Å². The second-order valence-corrected chi connectivity index (χ2v) is 6.48. The molecule has 0 aromatic heterocycles. The third-order valence-electron chi connectivity index (χ3n) is 5.06. The summed E-state index contributed by atoms with van der Waals surface area (Å²) < 4.78 is 5.17. The molecular weight excluding hydrogens is 320 g/mol. The third-order valence-corrected chi connectivity index (χ3v) is 5.06. The Morgan fingerprint density at radius 2 is 1.84 bits per heavy atom. The number of anilines is 1. The molecule has 2 heterocycles. The van der Waals surface area contributed by atoms with E-state index in [0.29, 0.717) is 6.54 Å². The van der Waals surface area contributed by atoms with Crippen molar-refractivity contribution < 1.29 is 19.4 Å². The SMILES string of the molecule is COc1ccc(CN2C(=O)C3(CN(C(=O)O)C3)c3ccccc32)cc1. The van der Waals surface area contributed by atoms with Crippen LogP contribution in [-0.4, -0.2) is 42.2 Å².